The van der Waals surface area contributed by atoms with Crippen LogP contribution in [-0.4, -0.2) is 37.3 Å². The predicted molar refractivity (Wildman–Crippen MR) is 118 cm³/mol. The summed E-state index contributed by atoms with van der Waals surface area (Å²) in [5, 5.41) is 16.6. The second kappa shape index (κ2) is 11.4. The number of likely N-dealkylation sites (N-methyl/N-ethyl adjacent to an activating group) is 1. The Morgan fingerprint density at radius 1 is 1.32 bits per heavy atom. The predicted octanol–water partition coefficient (Wildman–Crippen LogP) is 4.30. The molecule has 2 aliphatic carbocycles. The van der Waals surface area contributed by atoms with Gasteiger partial charge in [-0.2, -0.15) is 0 Å². The lowest BCUT2D eigenvalue weighted by Crippen LogP contribution is -2.43. The van der Waals surface area contributed by atoms with Gasteiger partial charge in [0, 0.05) is 13.1 Å². The molecule has 0 unspecified atom stereocenters. The van der Waals surface area contributed by atoms with Crippen LogP contribution < -0.4 is 10.6 Å². The zero-order chi connectivity index (χ0) is 18.6. The Morgan fingerprint density at radius 3 is 2.64 bits per heavy atom. The van der Waals surface area contributed by atoms with E-state index < -0.39 is 6.10 Å². The highest BCUT2D eigenvalue weighted by atomic mass is 35.5. The number of aliphatic hydroxyl groups excluding tert-OH is 1. The highest BCUT2D eigenvalue weighted by Crippen LogP contribution is 2.48. The Morgan fingerprint density at radius 2 is 2.00 bits per heavy atom. The van der Waals surface area contributed by atoms with E-state index in [0.29, 0.717) is 29.0 Å². The van der Waals surface area contributed by atoms with Gasteiger partial charge in [-0.05, 0) is 61.8 Å². The lowest BCUT2D eigenvalue weighted by molar-refractivity contribution is 0.0681. The molecule has 0 aliphatic heterocycles. The Kier molecular flexibility index (Phi) is 10.3. The van der Waals surface area contributed by atoms with Crippen molar-refractivity contribution in [1.82, 2.24) is 10.6 Å². The average molecular weight is 429 g/mol. The van der Waals surface area contributed by atoms with Crippen molar-refractivity contribution in [3.63, 3.8) is 0 Å². The fourth-order valence-corrected chi connectivity index (χ4v) is 5.09. The Balaban J connectivity index is 0.00000196. The molecule has 1 aromatic carbocycles. The van der Waals surface area contributed by atoms with Gasteiger partial charge in [-0.15, -0.1) is 12.4 Å². The molecule has 4 nitrogen and oxygen atoms in total. The maximum atomic E-state index is 12.8. The van der Waals surface area contributed by atoms with E-state index in [1.165, 1.54) is 44.9 Å². The van der Waals surface area contributed by atoms with E-state index in [4.69, 9.17) is 11.6 Å². The second-order valence-corrected chi connectivity index (χ2v) is 8.67. The molecule has 1 amide bonds. The van der Waals surface area contributed by atoms with Crippen molar-refractivity contribution in [3.05, 3.63) is 41.8 Å². The maximum absolute atomic E-state index is 12.8. The van der Waals surface area contributed by atoms with Crippen LogP contribution in [0.2, 0.25) is 5.02 Å². The van der Waals surface area contributed by atoms with Gasteiger partial charge in [0.2, 0.25) is 0 Å². The van der Waals surface area contributed by atoms with Crippen molar-refractivity contribution in [3.8, 4) is 0 Å². The summed E-state index contributed by atoms with van der Waals surface area (Å²) in [5.41, 5.74) is 1.74. The van der Waals surface area contributed by atoms with Crippen LogP contribution in [-0.2, 0) is 6.42 Å². The van der Waals surface area contributed by atoms with Gasteiger partial charge in [0.1, 0.15) is 0 Å². The van der Waals surface area contributed by atoms with Gasteiger partial charge in [0.05, 0.1) is 16.7 Å². The average Bonchev–Trinajstić information content (AvgIpc) is 2.62. The zero-order valence-electron chi connectivity index (χ0n) is 16.8. The summed E-state index contributed by atoms with van der Waals surface area (Å²) in [7, 11) is 1.81. The second-order valence-electron chi connectivity index (χ2n) is 8.27. The number of fused-ring (bicyclic) bond motifs is 2. The normalized spacial score (nSPS) is 24.5. The van der Waals surface area contributed by atoms with Gasteiger partial charge in [-0.3, -0.25) is 4.79 Å². The molecular weight excluding hydrogens is 395 g/mol. The summed E-state index contributed by atoms with van der Waals surface area (Å²) in [6.45, 7) is 1.28. The molecule has 6 heteroatoms. The number of carbonyl (C=O) groups is 1. The third kappa shape index (κ3) is 6.35. The molecule has 2 saturated carbocycles. The minimum atomic E-state index is -0.475. The highest BCUT2D eigenvalue weighted by molar-refractivity contribution is 6.33. The number of rotatable bonds is 7. The first-order chi connectivity index (χ1) is 12.5. The van der Waals surface area contributed by atoms with Crippen LogP contribution in [0.25, 0.3) is 0 Å². The van der Waals surface area contributed by atoms with Crippen LogP contribution in [0.3, 0.4) is 0 Å². The van der Waals surface area contributed by atoms with Gasteiger partial charge < -0.3 is 15.7 Å². The highest BCUT2D eigenvalue weighted by Gasteiger charge is 2.39. The van der Waals surface area contributed by atoms with E-state index in [0.717, 1.165) is 18.0 Å². The molecule has 2 fully saturated rings. The Bertz CT molecular complexity index is 629. The number of benzene rings is 1. The van der Waals surface area contributed by atoms with Gasteiger partial charge in [-0.25, -0.2) is 0 Å². The third-order valence-electron chi connectivity index (χ3n) is 6.17. The molecule has 0 heterocycles. The molecular formula is C22H34Cl2N2O2. The van der Waals surface area contributed by atoms with Crippen LogP contribution in [0.5, 0.6) is 0 Å². The van der Waals surface area contributed by atoms with E-state index in [1.54, 1.807) is 6.07 Å². The topological polar surface area (TPSA) is 61.4 Å². The molecule has 3 N–H and O–H groups in total. The fraction of sp³-hybridized carbons (Fsp3) is 0.636. The quantitative estimate of drug-likeness (QED) is 0.606. The number of amides is 1. The Hall–Kier alpha value is -0.810. The summed E-state index contributed by atoms with van der Waals surface area (Å²) in [5.74, 6) is 0.761. The minimum Gasteiger partial charge on any atom is -0.391 e. The summed E-state index contributed by atoms with van der Waals surface area (Å²) in [6, 6.07) is 5.45. The van der Waals surface area contributed by atoms with Crippen LogP contribution in [0.1, 0.15) is 60.9 Å². The zero-order valence-corrected chi connectivity index (χ0v) is 18.4. The molecule has 0 saturated heterocycles. The number of aliphatic hydroxyl groups is 1. The number of halogens is 2. The van der Waals surface area contributed by atoms with Crippen molar-refractivity contribution in [2.75, 3.05) is 20.1 Å². The molecule has 28 heavy (non-hydrogen) atoms. The Labute approximate surface area is 181 Å². The van der Waals surface area contributed by atoms with E-state index in [9.17, 15) is 9.90 Å². The first kappa shape index (κ1) is 25.2. The van der Waals surface area contributed by atoms with Crippen molar-refractivity contribution in [2.24, 2.45) is 11.3 Å². The number of hydrogen-bond donors (Lipinski definition) is 3. The van der Waals surface area contributed by atoms with Crippen molar-refractivity contribution in [2.45, 2.75) is 57.5 Å². The smallest absolute Gasteiger partial charge is 0.252 e. The molecule has 158 valence electrons. The van der Waals surface area contributed by atoms with Gasteiger partial charge in [-0.1, -0.05) is 50.8 Å². The van der Waals surface area contributed by atoms with E-state index >= 15 is 0 Å². The maximum Gasteiger partial charge on any atom is 0.252 e. The van der Waals surface area contributed by atoms with Crippen molar-refractivity contribution < 1.29 is 9.90 Å². The summed E-state index contributed by atoms with van der Waals surface area (Å²) in [6.07, 6.45) is 9.05. The van der Waals surface area contributed by atoms with Crippen molar-refractivity contribution in [1.29, 1.82) is 0 Å². The van der Waals surface area contributed by atoms with Crippen molar-refractivity contribution >= 4 is 29.9 Å². The molecule has 1 atom stereocenters. The number of nitrogens with one attached hydrogen (secondary N) is 2. The van der Waals surface area contributed by atoms with E-state index in [2.05, 4.69) is 10.6 Å². The van der Waals surface area contributed by atoms with Gasteiger partial charge in [0.25, 0.3) is 5.91 Å². The van der Waals surface area contributed by atoms with Gasteiger partial charge >= 0.3 is 0 Å². The standard InChI is InChI=1S/C21H31ClN2O2.CH2.ClH/c1-23-13-17(25)10-16-6-7-19(22)18(11-16)20(26)24-14-21-8-2-4-15(12-21)5-3-9-21;;/h6-7,11,15,17,23,25H,2-5,8-10,12-14H2,1H3,(H,24,26);1H2;1H/t15?,17-,21?;;/m0../s1. The lowest BCUT2D eigenvalue weighted by atomic mass is 9.62. The molecule has 2 aliphatic rings. The number of hydrogen-bond acceptors (Lipinski definition) is 3. The van der Waals surface area contributed by atoms with E-state index in [-0.39, 0.29) is 25.7 Å². The summed E-state index contributed by atoms with van der Waals surface area (Å²) >= 11 is 6.28. The first-order valence-corrected chi connectivity index (χ1v) is 10.3. The number of carbonyl (C=O) groups excluding carboxylic acids is 1. The van der Waals surface area contributed by atoms with Crippen LogP contribution >= 0.6 is 24.0 Å². The van der Waals surface area contributed by atoms with E-state index in [1.807, 2.05) is 19.2 Å². The van der Waals surface area contributed by atoms with Crippen LogP contribution in [0.4, 0.5) is 0 Å². The lowest BCUT2D eigenvalue weighted by Gasteiger charge is -2.45. The van der Waals surface area contributed by atoms with Gasteiger partial charge in [0.15, 0.2) is 0 Å². The van der Waals surface area contributed by atoms with Crippen LogP contribution in [0.15, 0.2) is 18.2 Å². The summed E-state index contributed by atoms with van der Waals surface area (Å²) < 4.78 is 0. The monoisotopic (exact) mass is 428 g/mol. The molecule has 1 aromatic rings. The largest absolute Gasteiger partial charge is 0.391 e. The molecule has 0 aromatic heterocycles. The minimum absolute atomic E-state index is 0. The fourth-order valence-electron chi connectivity index (χ4n) is 4.89. The molecule has 3 rings (SSSR count). The third-order valence-corrected chi connectivity index (χ3v) is 6.50. The molecule has 2 radical (unpaired) electrons. The SMILES string of the molecule is CNC[C@@H](O)Cc1ccc(Cl)c(C(=O)NCC23CCCC(CCC2)C3)c1.Cl.[CH2]. The summed E-state index contributed by atoms with van der Waals surface area (Å²) in [4.78, 5) is 12.8. The first-order valence-electron chi connectivity index (χ1n) is 9.91. The molecule has 0 spiro atoms. The van der Waals surface area contributed by atoms with Crippen LogP contribution in [0, 0.1) is 18.8 Å². The molecule has 2 bridgehead atoms.